The van der Waals surface area contributed by atoms with Crippen molar-refractivity contribution in [3.05, 3.63) is 33.5 Å². The Balaban J connectivity index is 1.87. The minimum atomic E-state index is 0.194. The van der Waals surface area contributed by atoms with Crippen LogP contribution in [-0.4, -0.2) is 19.9 Å². The Morgan fingerprint density at radius 2 is 2.33 bits per heavy atom. The van der Waals surface area contributed by atoms with Gasteiger partial charge in [0.1, 0.15) is 5.52 Å². The van der Waals surface area contributed by atoms with Gasteiger partial charge >= 0.3 is 0 Å². The van der Waals surface area contributed by atoms with Crippen molar-refractivity contribution >= 4 is 39.9 Å². The number of aromatic nitrogens is 4. The number of imidazole rings is 1. The van der Waals surface area contributed by atoms with Crippen LogP contribution in [0.1, 0.15) is 10.4 Å². The van der Waals surface area contributed by atoms with Gasteiger partial charge in [0, 0.05) is 4.88 Å². The van der Waals surface area contributed by atoms with E-state index < -0.39 is 0 Å². The molecule has 18 heavy (non-hydrogen) atoms. The van der Waals surface area contributed by atoms with Crippen LogP contribution in [0.5, 0.6) is 0 Å². The number of H-pyrrole nitrogens is 1. The Morgan fingerprint density at radius 3 is 3.11 bits per heavy atom. The summed E-state index contributed by atoms with van der Waals surface area (Å²) in [6.45, 7) is 2.79. The molecule has 0 fully saturated rings. The average molecular weight is 280 g/mol. The Labute approximate surface area is 112 Å². The van der Waals surface area contributed by atoms with E-state index in [-0.39, 0.29) is 5.28 Å². The molecule has 0 radical (unpaired) electrons. The molecular weight excluding hydrogens is 270 g/mol. The lowest BCUT2D eigenvalue weighted by molar-refractivity contribution is 1.12. The molecule has 3 rings (SSSR count). The zero-order valence-corrected chi connectivity index (χ0v) is 11.1. The Hall–Kier alpha value is -1.66. The van der Waals surface area contributed by atoms with Crippen molar-refractivity contribution in [1.29, 1.82) is 0 Å². The number of halogens is 1. The monoisotopic (exact) mass is 279 g/mol. The molecule has 0 saturated heterocycles. The fourth-order valence-corrected chi connectivity index (χ4v) is 2.67. The van der Waals surface area contributed by atoms with Crippen LogP contribution in [-0.2, 0) is 6.54 Å². The number of aryl methyl sites for hydroxylation is 1. The molecular formula is C11H10ClN5S. The molecule has 5 nitrogen and oxygen atoms in total. The van der Waals surface area contributed by atoms with E-state index in [1.165, 1.54) is 10.4 Å². The van der Waals surface area contributed by atoms with Crippen molar-refractivity contribution in [2.45, 2.75) is 13.5 Å². The van der Waals surface area contributed by atoms with Gasteiger partial charge in [-0.15, -0.1) is 11.3 Å². The molecule has 0 aromatic carbocycles. The summed E-state index contributed by atoms with van der Waals surface area (Å²) >= 11 is 7.57. The summed E-state index contributed by atoms with van der Waals surface area (Å²) in [6, 6.07) is 2.14. The van der Waals surface area contributed by atoms with Gasteiger partial charge in [0.25, 0.3) is 0 Å². The zero-order valence-electron chi connectivity index (χ0n) is 9.57. The normalized spacial score (nSPS) is 11.0. The zero-order chi connectivity index (χ0) is 12.5. The Morgan fingerprint density at radius 1 is 1.44 bits per heavy atom. The summed E-state index contributed by atoms with van der Waals surface area (Å²) in [4.78, 5) is 16.5. The molecule has 0 bridgehead atoms. The van der Waals surface area contributed by atoms with Gasteiger partial charge in [-0.05, 0) is 35.5 Å². The third kappa shape index (κ3) is 2.16. The predicted octanol–water partition coefficient (Wildman–Crippen LogP) is 2.99. The molecule has 0 amide bonds. The Kier molecular flexibility index (Phi) is 2.89. The molecule has 0 aliphatic rings. The molecule has 92 valence electrons. The number of fused-ring (bicyclic) bond motifs is 1. The lowest BCUT2D eigenvalue weighted by atomic mass is 10.3. The quantitative estimate of drug-likeness (QED) is 0.723. The molecule has 2 N–H and O–H groups in total. The summed E-state index contributed by atoms with van der Waals surface area (Å²) in [5, 5.41) is 5.56. The number of aromatic amines is 1. The van der Waals surface area contributed by atoms with Crippen LogP contribution < -0.4 is 5.32 Å². The predicted molar refractivity (Wildman–Crippen MR) is 73.1 cm³/mol. The molecule has 0 saturated carbocycles. The van der Waals surface area contributed by atoms with E-state index in [9.17, 15) is 0 Å². The van der Waals surface area contributed by atoms with Crippen LogP contribution >= 0.6 is 22.9 Å². The third-order valence-electron chi connectivity index (χ3n) is 2.47. The van der Waals surface area contributed by atoms with Crippen molar-refractivity contribution in [1.82, 2.24) is 19.9 Å². The summed E-state index contributed by atoms with van der Waals surface area (Å²) in [5.74, 6) is 0.675. The number of nitrogens with one attached hydrogen (secondary N) is 2. The van der Waals surface area contributed by atoms with E-state index >= 15 is 0 Å². The fraction of sp³-hybridized carbons (Fsp3) is 0.182. The van der Waals surface area contributed by atoms with Crippen LogP contribution in [0, 0.1) is 6.92 Å². The van der Waals surface area contributed by atoms with Gasteiger partial charge in [-0.2, -0.15) is 9.97 Å². The fourth-order valence-electron chi connectivity index (χ4n) is 1.69. The second-order valence-electron chi connectivity index (χ2n) is 3.89. The van der Waals surface area contributed by atoms with E-state index in [1.54, 1.807) is 17.7 Å². The van der Waals surface area contributed by atoms with E-state index in [4.69, 9.17) is 11.6 Å². The van der Waals surface area contributed by atoms with Gasteiger partial charge < -0.3 is 10.3 Å². The first-order valence-electron chi connectivity index (χ1n) is 5.37. The van der Waals surface area contributed by atoms with E-state index in [1.807, 2.05) is 0 Å². The van der Waals surface area contributed by atoms with Gasteiger partial charge in [-0.3, -0.25) is 0 Å². The van der Waals surface area contributed by atoms with E-state index in [2.05, 4.69) is 43.6 Å². The number of hydrogen-bond donors (Lipinski definition) is 2. The van der Waals surface area contributed by atoms with E-state index in [0.717, 1.165) is 5.52 Å². The van der Waals surface area contributed by atoms with E-state index in [0.29, 0.717) is 18.0 Å². The van der Waals surface area contributed by atoms with Crippen LogP contribution in [0.3, 0.4) is 0 Å². The highest BCUT2D eigenvalue weighted by molar-refractivity contribution is 7.10. The third-order valence-corrected chi connectivity index (χ3v) is 3.70. The highest BCUT2D eigenvalue weighted by atomic mass is 35.5. The first-order chi connectivity index (χ1) is 8.72. The summed E-state index contributed by atoms with van der Waals surface area (Å²) < 4.78 is 0. The first kappa shape index (κ1) is 11.4. The lowest BCUT2D eigenvalue weighted by Gasteiger charge is -2.04. The van der Waals surface area contributed by atoms with Crippen LogP contribution in [0.15, 0.2) is 17.8 Å². The highest BCUT2D eigenvalue weighted by Crippen LogP contribution is 2.20. The van der Waals surface area contributed by atoms with Gasteiger partial charge in [-0.1, -0.05) is 0 Å². The number of anilines is 1. The van der Waals surface area contributed by atoms with Crippen molar-refractivity contribution in [3.8, 4) is 0 Å². The molecule has 0 atom stereocenters. The van der Waals surface area contributed by atoms with Gasteiger partial charge in [0.15, 0.2) is 11.5 Å². The van der Waals surface area contributed by atoms with Crippen LogP contribution in [0.4, 0.5) is 5.82 Å². The maximum atomic E-state index is 5.85. The number of hydrogen-bond acceptors (Lipinski definition) is 5. The SMILES string of the molecule is Cc1csc(CNc2nc(Cl)nc3nc[nH]c23)c1. The minimum absolute atomic E-state index is 0.194. The van der Waals surface area contributed by atoms with Crippen molar-refractivity contribution in [2.75, 3.05) is 5.32 Å². The van der Waals surface area contributed by atoms with Gasteiger partial charge in [0.05, 0.1) is 12.9 Å². The second kappa shape index (κ2) is 4.55. The molecule has 3 aromatic rings. The molecule has 7 heteroatoms. The molecule has 0 unspecified atom stereocenters. The molecule has 0 aliphatic heterocycles. The number of rotatable bonds is 3. The topological polar surface area (TPSA) is 66.5 Å². The number of thiophene rings is 1. The minimum Gasteiger partial charge on any atom is -0.363 e. The summed E-state index contributed by atoms with van der Waals surface area (Å²) in [6.07, 6.45) is 1.58. The maximum absolute atomic E-state index is 5.85. The Bertz CT molecular complexity index is 690. The van der Waals surface area contributed by atoms with Crippen molar-refractivity contribution < 1.29 is 0 Å². The van der Waals surface area contributed by atoms with Gasteiger partial charge in [0.2, 0.25) is 5.28 Å². The van der Waals surface area contributed by atoms with Crippen molar-refractivity contribution in [3.63, 3.8) is 0 Å². The van der Waals surface area contributed by atoms with Gasteiger partial charge in [-0.25, -0.2) is 4.98 Å². The smallest absolute Gasteiger partial charge is 0.226 e. The average Bonchev–Trinajstić information content (AvgIpc) is 2.94. The molecule has 3 heterocycles. The lowest BCUT2D eigenvalue weighted by Crippen LogP contribution is -2.02. The maximum Gasteiger partial charge on any atom is 0.226 e. The van der Waals surface area contributed by atoms with Crippen LogP contribution in [0.25, 0.3) is 11.2 Å². The van der Waals surface area contributed by atoms with Crippen molar-refractivity contribution in [2.24, 2.45) is 0 Å². The van der Waals surface area contributed by atoms with Crippen LogP contribution in [0.2, 0.25) is 5.28 Å². The summed E-state index contributed by atoms with van der Waals surface area (Å²) in [7, 11) is 0. The molecule has 0 spiro atoms. The first-order valence-corrected chi connectivity index (χ1v) is 6.62. The highest BCUT2D eigenvalue weighted by Gasteiger charge is 2.08. The second-order valence-corrected chi connectivity index (χ2v) is 5.22. The number of nitrogens with zero attached hydrogens (tertiary/aromatic N) is 3. The standard InChI is InChI=1S/C11H10ClN5S/c1-6-2-7(18-4-6)3-13-9-8-10(15-5-14-8)17-11(12)16-9/h2,4-5H,3H2,1H3,(H2,13,14,15,16,17). The largest absolute Gasteiger partial charge is 0.363 e. The molecule has 0 aliphatic carbocycles. The molecule has 3 aromatic heterocycles. The summed E-state index contributed by atoms with van der Waals surface area (Å²) in [5.41, 5.74) is 2.61.